The van der Waals surface area contributed by atoms with Crippen LogP contribution in [0.4, 0.5) is 4.79 Å². The molecule has 0 unspecified atom stereocenters. The second kappa shape index (κ2) is 13.0. The number of carbonyl (C=O) groups is 2. The van der Waals surface area contributed by atoms with Crippen molar-refractivity contribution in [3.63, 3.8) is 0 Å². The standard InChI is InChI=1S/C36H34N4O4P2/c1-37-29(31(33(41)39(3)35(37)43)45(25-17-9-5-10-18-25)26-19-11-6-12-20-26)30-32(34(42)40(4)36(44)38(30)2)46(27-21-13-7-14-22-27)28-23-15-8-16-24-28/h5-24,29,31H,1-4H3/t29-,31+/m1/s1. The summed E-state index contributed by atoms with van der Waals surface area (Å²) in [6.07, 6.45) is 0. The van der Waals surface area contributed by atoms with Crippen molar-refractivity contribution in [2.75, 3.05) is 14.1 Å². The van der Waals surface area contributed by atoms with Gasteiger partial charge in [-0.2, -0.15) is 0 Å². The fraction of sp³-hybridized carbons (Fsp3) is 0.167. The number of amides is 3. The summed E-state index contributed by atoms with van der Waals surface area (Å²) in [4.78, 5) is 59.4. The lowest BCUT2D eigenvalue weighted by atomic mass is 10.0. The molecule has 6 rings (SSSR count). The summed E-state index contributed by atoms with van der Waals surface area (Å²) < 4.78 is 2.60. The second-order valence-corrected chi connectivity index (χ2v) is 15.6. The maximum absolute atomic E-state index is 14.6. The van der Waals surface area contributed by atoms with Gasteiger partial charge < -0.3 is 4.90 Å². The predicted molar refractivity (Wildman–Crippen MR) is 187 cm³/mol. The molecule has 0 aliphatic carbocycles. The highest BCUT2D eigenvalue weighted by Gasteiger charge is 2.51. The molecule has 1 saturated heterocycles. The van der Waals surface area contributed by atoms with E-state index in [9.17, 15) is 19.2 Å². The maximum atomic E-state index is 14.6. The monoisotopic (exact) mass is 648 g/mol. The first-order chi connectivity index (χ1) is 22.2. The van der Waals surface area contributed by atoms with Crippen LogP contribution in [0.2, 0.25) is 0 Å². The van der Waals surface area contributed by atoms with Crippen LogP contribution in [0.5, 0.6) is 0 Å². The van der Waals surface area contributed by atoms with E-state index in [4.69, 9.17) is 0 Å². The summed E-state index contributed by atoms with van der Waals surface area (Å²) in [6, 6.07) is 37.8. The molecule has 5 aromatic rings. The summed E-state index contributed by atoms with van der Waals surface area (Å²) >= 11 is 0. The Balaban J connectivity index is 1.72. The summed E-state index contributed by atoms with van der Waals surface area (Å²) in [5, 5.41) is 4.15. The zero-order chi connectivity index (χ0) is 32.5. The molecule has 1 aliphatic heterocycles. The van der Waals surface area contributed by atoms with Crippen molar-refractivity contribution in [2.45, 2.75) is 11.7 Å². The molecule has 0 N–H and O–H groups in total. The van der Waals surface area contributed by atoms with Crippen molar-refractivity contribution in [1.29, 1.82) is 0 Å². The molecular weight excluding hydrogens is 614 g/mol. The SMILES string of the molecule is CN1C(=O)[C@@H](P(c2ccccc2)c2ccccc2)[C@@H](c2c(P(c3ccccc3)c3ccccc3)c(=O)n(C)c(=O)n2C)N(C)C1=O. The third-order valence-electron chi connectivity index (χ3n) is 8.45. The van der Waals surface area contributed by atoms with Gasteiger partial charge in [-0.1, -0.05) is 121 Å². The van der Waals surface area contributed by atoms with E-state index in [0.717, 1.165) is 25.8 Å². The van der Waals surface area contributed by atoms with Gasteiger partial charge in [-0.3, -0.25) is 23.6 Å². The average molecular weight is 649 g/mol. The van der Waals surface area contributed by atoms with E-state index in [-0.39, 0.29) is 5.91 Å². The Morgan fingerprint density at radius 3 is 1.39 bits per heavy atom. The number of urea groups is 1. The van der Waals surface area contributed by atoms with Crippen molar-refractivity contribution in [3.8, 4) is 0 Å². The van der Waals surface area contributed by atoms with E-state index in [1.54, 1.807) is 14.1 Å². The van der Waals surface area contributed by atoms with E-state index >= 15 is 0 Å². The highest BCUT2D eigenvalue weighted by molar-refractivity contribution is 7.80. The van der Waals surface area contributed by atoms with Gasteiger partial charge in [0.25, 0.3) is 5.56 Å². The number of imide groups is 1. The van der Waals surface area contributed by atoms with Gasteiger partial charge in [-0.05, 0) is 37.1 Å². The first-order valence-electron chi connectivity index (χ1n) is 14.9. The Kier molecular flexibility index (Phi) is 8.86. The number of carbonyl (C=O) groups excluding carboxylic acids is 2. The van der Waals surface area contributed by atoms with Gasteiger partial charge in [-0.15, -0.1) is 0 Å². The van der Waals surface area contributed by atoms with Crippen LogP contribution < -0.4 is 37.8 Å². The number of rotatable bonds is 7. The van der Waals surface area contributed by atoms with Crippen molar-refractivity contribution in [3.05, 3.63) is 148 Å². The Hall–Kier alpha value is -4.64. The van der Waals surface area contributed by atoms with Gasteiger partial charge in [0.2, 0.25) is 5.91 Å². The van der Waals surface area contributed by atoms with Gasteiger partial charge in [0.15, 0.2) is 0 Å². The van der Waals surface area contributed by atoms with E-state index in [1.165, 1.54) is 28.5 Å². The highest BCUT2D eigenvalue weighted by Crippen LogP contribution is 2.50. The molecule has 0 radical (unpaired) electrons. The summed E-state index contributed by atoms with van der Waals surface area (Å²) in [6.45, 7) is 0. The Labute approximate surface area is 270 Å². The fourth-order valence-electron chi connectivity index (χ4n) is 6.18. The highest BCUT2D eigenvalue weighted by atomic mass is 31.1. The predicted octanol–water partition coefficient (Wildman–Crippen LogP) is 2.91. The molecular formula is C36H34N4O4P2. The third kappa shape index (κ3) is 5.42. The van der Waals surface area contributed by atoms with Gasteiger partial charge in [0, 0.05) is 28.2 Å². The fourth-order valence-corrected chi connectivity index (χ4v) is 11.7. The van der Waals surface area contributed by atoms with Crippen LogP contribution in [0.1, 0.15) is 11.7 Å². The molecule has 1 fully saturated rings. The number of nitrogens with zero attached hydrogens (tertiary/aromatic N) is 4. The molecule has 0 bridgehead atoms. The lowest BCUT2D eigenvalue weighted by Crippen LogP contribution is -2.61. The van der Waals surface area contributed by atoms with Gasteiger partial charge >= 0.3 is 11.7 Å². The second-order valence-electron chi connectivity index (χ2n) is 11.2. The number of aromatic nitrogens is 2. The lowest BCUT2D eigenvalue weighted by molar-refractivity contribution is -0.130. The van der Waals surface area contributed by atoms with Crippen molar-refractivity contribution in [2.24, 2.45) is 14.1 Å². The first-order valence-corrected chi connectivity index (χ1v) is 17.6. The lowest BCUT2D eigenvalue weighted by Gasteiger charge is -2.46. The molecule has 2 heterocycles. The van der Waals surface area contributed by atoms with Crippen LogP contribution in [0.3, 0.4) is 0 Å². The first kappa shape index (κ1) is 31.3. The quantitative estimate of drug-likeness (QED) is 0.254. The van der Waals surface area contributed by atoms with Crippen LogP contribution >= 0.6 is 15.8 Å². The zero-order valence-electron chi connectivity index (χ0n) is 26.0. The van der Waals surface area contributed by atoms with Gasteiger partial charge in [0.05, 0.1) is 22.7 Å². The van der Waals surface area contributed by atoms with Crippen molar-refractivity contribution in [1.82, 2.24) is 18.9 Å². The van der Waals surface area contributed by atoms with Crippen molar-refractivity contribution >= 4 is 54.3 Å². The molecule has 2 atom stereocenters. The van der Waals surface area contributed by atoms with Crippen LogP contribution in [0.25, 0.3) is 0 Å². The summed E-state index contributed by atoms with van der Waals surface area (Å²) in [7, 11) is 3.34. The normalized spacial score (nSPS) is 16.8. The van der Waals surface area contributed by atoms with Crippen LogP contribution in [-0.2, 0) is 18.9 Å². The minimum Gasteiger partial charge on any atom is -0.318 e. The van der Waals surface area contributed by atoms with Crippen LogP contribution in [0, 0.1) is 0 Å². The van der Waals surface area contributed by atoms with Crippen LogP contribution in [-0.4, -0.2) is 50.6 Å². The molecule has 232 valence electrons. The minimum atomic E-state index is -1.51. The molecule has 0 saturated carbocycles. The topological polar surface area (TPSA) is 84.6 Å². The number of hydrogen-bond acceptors (Lipinski definition) is 4. The molecule has 10 heteroatoms. The van der Waals surface area contributed by atoms with E-state index in [0.29, 0.717) is 11.0 Å². The molecule has 46 heavy (non-hydrogen) atoms. The van der Waals surface area contributed by atoms with Crippen LogP contribution in [0.15, 0.2) is 131 Å². The Morgan fingerprint density at radius 2 is 0.957 bits per heavy atom. The Bertz CT molecular complexity index is 1920. The summed E-state index contributed by atoms with van der Waals surface area (Å²) in [5.41, 5.74) is -1.37. The molecule has 0 spiro atoms. The average Bonchev–Trinajstić information content (AvgIpc) is 3.10. The van der Waals surface area contributed by atoms with E-state index in [1.807, 2.05) is 121 Å². The Morgan fingerprint density at radius 1 is 0.543 bits per heavy atom. The maximum Gasteiger partial charge on any atom is 0.330 e. The third-order valence-corrected chi connectivity index (χ3v) is 13.7. The van der Waals surface area contributed by atoms with Crippen molar-refractivity contribution < 1.29 is 9.59 Å². The van der Waals surface area contributed by atoms with Gasteiger partial charge in [-0.25, -0.2) is 9.59 Å². The number of hydrogen-bond donors (Lipinski definition) is 0. The summed E-state index contributed by atoms with van der Waals surface area (Å²) in [5.74, 6) is -0.352. The van der Waals surface area contributed by atoms with E-state index < -0.39 is 44.8 Å². The molecule has 4 aromatic carbocycles. The molecule has 1 aliphatic rings. The number of benzene rings is 4. The molecule has 8 nitrogen and oxygen atoms in total. The van der Waals surface area contributed by atoms with Gasteiger partial charge in [0.1, 0.15) is 0 Å². The zero-order valence-corrected chi connectivity index (χ0v) is 27.8. The molecule has 1 aromatic heterocycles. The largest absolute Gasteiger partial charge is 0.330 e. The van der Waals surface area contributed by atoms with E-state index in [2.05, 4.69) is 0 Å². The smallest absolute Gasteiger partial charge is 0.318 e. The minimum absolute atomic E-state index is 0.352. The molecule has 3 amide bonds.